The maximum absolute atomic E-state index is 12.9. The normalized spacial score (nSPS) is 14.0. The number of hydrogen-bond donors (Lipinski definition) is 1. The summed E-state index contributed by atoms with van der Waals surface area (Å²) in [6.07, 6.45) is 4.64. The summed E-state index contributed by atoms with van der Waals surface area (Å²) in [5, 5.41) is 14.4. The molecule has 0 amide bonds. The average Bonchev–Trinajstić information content (AvgIpc) is 3.35. The number of carbonyl (C=O) groups is 1. The van der Waals surface area contributed by atoms with E-state index in [4.69, 9.17) is 27.9 Å². The largest absolute Gasteiger partial charge is 0.493 e. The third-order valence-corrected chi connectivity index (χ3v) is 4.97. The lowest BCUT2D eigenvalue weighted by Crippen LogP contribution is -2.29. The van der Waals surface area contributed by atoms with Crippen molar-refractivity contribution in [3.63, 3.8) is 0 Å². The standard InChI is InChI=1S/C17H15Cl2N4O3/c1-26-15-5-4-13(23-17(15)20-16(21-23)9-2-3-9)14(24)6-10-11(18)7-22(25)8-12(10)19/h4-5,7-9,25H,2-3,6H2,1H3/q+1. The molecule has 3 aromatic rings. The van der Waals surface area contributed by atoms with Crippen LogP contribution in [0.5, 0.6) is 5.75 Å². The minimum Gasteiger partial charge on any atom is -0.493 e. The van der Waals surface area contributed by atoms with E-state index in [0.29, 0.717) is 28.6 Å². The molecule has 3 aromatic heterocycles. The van der Waals surface area contributed by atoms with E-state index in [1.165, 1.54) is 16.9 Å². The Morgan fingerprint density at radius 1 is 1.35 bits per heavy atom. The van der Waals surface area contributed by atoms with Gasteiger partial charge in [-0.3, -0.25) is 10.0 Å². The van der Waals surface area contributed by atoms with Gasteiger partial charge in [0.2, 0.25) is 12.4 Å². The van der Waals surface area contributed by atoms with Crippen LogP contribution in [0.2, 0.25) is 10.0 Å². The fourth-order valence-corrected chi connectivity index (χ4v) is 3.39. The van der Waals surface area contributed by atoms with E-state index < -0.39 is 0 Å². The first kappa shape index (κ1) is 17.1. The molecule has 0 aliphatic heterocycles. The molecule has 0 atom stereocenters. The van der Waals surface area contributed by atoms with Gasteiger partial charge in [-0.1, -0.05) is 23.2 Å². The second-order valence-electron chi connectivity index (χ2n) is 6.18. The summed E-state index contributed by atoms with van der Waals surface area (Å²) in [6.45, 7) is 0. The van der Waals surface area contributed by atoms with E-state index >= 15 is 0 Å². The first-order valence-electron chi connectivity index (χ1n) is 8.03. The molecule has 0 radical (unpaired) electrons. The molecule has 0 bridgehead atoms. The number of Topliss-reactive ketones (excluding diaryl/α,β-unsaturated/α-hetero) is 1. The van der Waals surface area contributed by atoms with Crippen LogP contribution in [0.15, 0.2) is 24.5 Å². The van der Waals surface area contributed by atoms with Gasteiger partial charge in [0.15, 0.2) is 23.0 Å². The molecule has 1 saturated carbocycles. The van der Waals surface area contributed by atoms with Gasteiger partial charge in [-0.2, -0.15) is 5.10 Å². The number of aromatic nitrogens is 4. The first-order chi connectivity index (χ1) is 12.5. The van der Waals surface area contributed by atoms with Crippen molar-refractivity contribution >= 4 is 34.6 Å². The molecular weight excluding hydrogens is 379 g/mol. The highest BCUT2D eigenvalue weighted by Gasteiger charge is 2.29. The van der Waals surface area contributed by atoms with Gasteiger partial charge in [0.05, 0.1) is 7.11 Å². The summed E-state index contributed by atoms with van der Waals surface area (Å²) in [5.41, 5.74) is 1.32. The van der Waals surface area contributed by atoms with E-state index in [1.807, 2.05) is 0 Å². The van der Waals surface area contributed by atoms with Crippen molar-refractivity contribution < 1.29 is 19.5 Å². The van der Waals surface area contributed by atoms with Crippen LogP contribution in [-0.4, -0.2) is 32.7 Å². The predicted molar refractivity (Wildman–Crippen MR) is 93.4 cm³/mol. The number of carbonyl (C=O) groups excluding carboxylic acids is 1. The Hall–Kier alpha value is -2.38. The van der Waals surface area contributed by atoms with Crippen LogP contribution in [0.25, 0.3) is 5.65 Å². The van der Waals surface area contributed by atoms with Crippen molar-refractivity contribution in [3.05, 3.63) is 51.7 Å². The van der Waals surface area contributed by atoms with E-state index in [-0.39, 0.29) is 22.2 Å². The molecule has 0 unspecified atom stereocenters. The fourth-order valence-electron chi connectivity index (χ4n) is 2.80. The van der Waals surface area contributed by atoms with Crippen molar-refractivity contribution in [2.24, 2.45) is 0 Å². The Kier molecular flexibility index (Phi) is 4.20. The van der Waals surface area contributed by atoms with Crippen molar-refractivity contribution in [1.29, 1.82) is 0 Å². The zero-order valence-electron chi connectivity index (χ0n) is 13.8. The summed E-state index contributed by atoms with van der Waals surface area (Å²) in [7, 11) is 1.55. The zero-order valence-corrected chi connectivity index (χ0v) is 15.3. The molecule has 26 heavy (non-hydrogen) atoms. The molecule has 0 spiro atoms. The van der Waals surface area contributed by atoms with E-state index in [1.54, 1.807) is 19.2 Å². The highest BCUT2D eigenvalue weighted by Crippen LogP contribution is 2.39. The highest BCUT2D eigenvalue weighted by molar-refractivity contribution is 6.36. The van der Waals surface area contributed by atoms with Crippen LogP contribution in [0.1, 0.15) is 40.6 Å². The molecule has 7 nitrogen and oxygen atoms in total. The third-order valence-electron chi connectivity index (χ3n) is 4.32. The van der Waals surface area contributed by atoms with Crippen molar-refractivity contribution in [3.8, 4) is 5.75 Å². The predicted octanol–water partition coefficient (Wildman–Crippen LogP) is 2.87. The molecule has 9 heteroatoms. The smallest absolute Gasteiger partial charge is 0.241 e. The number of hydrogen-bond acceptors (Lipinski definition) is 5. The number of halogens is 2. The second-order valence-corrected chi connectivity index (χ2v) is 6.99. The molecule has 3 heterocycles. The Morgan fingerprint density at radius 3 is 2.65 bits per heavy atom. The summed E-state index contributed by atoms with van der Waals surface area (Å²) in [4.78, 5) is 17.4. The fraction of sp³-hybridized carbons (Fsp3) is 0.294. The van der Waals surface area contributed by atoms with Gasteiger partial charge >= 0.3 is 0 Å². The highest BCUT2D eigenvalue weighted by atomic mass is 35.5. The van der Waals surface area contributed by atoms with Crippen LogP contribution in [0, 0.1) is 0 Å². The summed E-state index contributed by atoms with van der Waals surface area (Å²) in [6, 6.07) is 3.35. The quantitative estimate of drug-likeness (QED) is 0.409. The van der Waals surface area contributed by atoms with Gasteiger partial charge in [0.1, 0.15) is 15.7 Å². The van der Waals surface area contributed by atoms with Gasteiger partial charge in [0, 0.05) is 22.6 Å². The van der Waals surface area contributed by atoms with Gasteiger partial charge in [-0.25, -0.2) is 9.50 Å². The average molecular weight is 394 g/mol. The molecule has 0 aromatic carbocycles. The molecule has 134 valence electrons. The van der Waals surface area contributed by atoms with Crippen LogP contribution >= 0.6 is 23.2 Å². The second kappa shape index (κ2) is 6.41. The third kappa shape index (κ3) is 2.97. The maximum atomic E-state index is 12.9. The van der Waals surface area contributed by atoms with Gasteiger partial charge in [-0.15, -0.1) is 0 Å². The number of rotatable bonds is 5. The monoisotopic (exact) mass is 393 g/mol. The Morgan fingerprint density at radius 2 is 2.04 bits per heavy atom. The van der Waals surface area contributed by atoms with Crippen molar-refractivity contribution in [2.75, 3.05) is 7.11 Å². The van der Waals surface area contributed by atoms with Crippen LogP contribution < -0.4 is 9.47 Å². The molecule has 1 fully saturated rings. The SMILES string of the molecule is COc1ccc(C(=O)Cc2c(Cl)c[n+](O)cc2Cl)n2nc(C3CC3)nc12. The number of fused-ring (bicyclic) bond motifs is 1. The molecule has 1 N–H and O–H groups in total. The summed E-state index contributed by atoms with van der Waals surface area (Å²) in [5.74, 6) is 1.41. The molecule has 1 aliphatic carbocycles. The van der Waals surface area contributed by atoms with E-state index in [0.717, 1.165) is 23.4 Å². The van der Waals surface area contributed by atoms with Crippen LogP contribution in [-0.2, 0) is 6.42 Å². The zero-order chi connectivity index (χ0) is 18.4. The topological polar surface area (TPSA) is 80.6 Å². The lowest BCUT2D eigenvalue weighted by Gasteiger charge is -2.07. The number of ketones is 1. The van der Waals surface area contributed by atoms with Gasteiger partial charge < -0.3 is 4.74 Å². The molecule has 4 rings (SSSR count). The van der Waals surface area contributed by atoms with E-state index in [2.05, 4.69) is 10.1 Å². The van der Waals surface area contributed by atoms with Gasteiger partial charge in [0.25, 0.3) is 0 Å². The number of nitrogens with zero attached hydrogens (tertiary/aromatic N) is 4. The lowest BCUT2D eigenvalue weighted by molar-refractivity contribution is -0.904. The number of ether oxygens (including phenoxy) is 1. The Bertz CT molecular complexity index is 1010. The summed E-state index contributed by atoms with van der Waals surface area (Å²) >= 11 is 12.2. The molecule has 0 saturated heterocycles. The van der Waals surface area contributed by atoms with Crippen molar-refractivity contribution in [2.45, 2.75) is 25.2 Å². The maximum Gasteiger partial charge on any atom is 0.241 e. The van der Waals surface area contributed by atoms with Crippen LogP contribution in [0.4, 0.5) is 0 Å². The first-order valence-corrected chi connectivity index (χ1v) is 8.79. The Balaban J connectivity index is 1.75. The number of methoxy groups -OCH3 is 1. The van der Waals surface area contributed by atoms with Crippen LogP contribution in [0.3, 0.4) is 0 Å². The summed E-state index contributed by atoms with van der Waals surface area (Å²) < 4.78 is 7.61. The number of pyridine rings is 2. The molecular formula is C17H15Cl2N4O3+. The minimum atomic E-state index is -0.218. The minimum absolute atomic E-state index is 0.0292. The van der Waals surface area contributed by atoms with Gasteiger partial charge in [-0.05, 0) is 25.0 Å². The molecule has 1 aliphatic rings. The van der Waals surface area contributed by atoms with E-state index in [9.17, 15) is 10.0 Å². The Labute approximate surface area is 158 Å². The lowest BCUT2D eigenvalue weighted by atomic mass is 10.1. The van der Waals surface area contributed by atoms with Crippen molar-refractivity contribution in [1.82, 2.24) is 14.6 Å².